The van der Waals surface area contributed by atoms with Gasteiger partial charge in [-0.25, -0.2) is 0 Å². The molecule has 8 nitrogen and oxygen atoms in total. The summed E-state index contributed by atoms with van der Waals surface area (Å²) in [6.07, 6.45) is 2.47. The first kappa shape index (κ1) is 23.4. The number of carbonyl (C=O) groups is 2. The van der Waals surface area contributed by atoms with E-state index >= 15 is 0 Å². The van der Waals surface area contributed by atoms with Gasteiger partial charge in [-0.1, -0.05) is 60.4 Å². The van der Waals surface area contributed by atoms with E-state index in [4.69, 9.17) is 0 Å². The fraction of sp³-hybridized carbons (Fsp3) is 0.435. The quantitative estimate of drug-likeness (QED) is 0.348. The molecule has 1 aliphatic carbocycles. The maximum absolute atomic E-state index is 12.5. The Morgan fingerprint density at radius 2 is 1.97 bits per heavy atom. The molecule has 0 bridgehead atoms. The molecule has 0 aliphatic heterocycles. The lowest BCUT2D eigenvalue weighted by molar-refractivity contribution is -0.119. The topological polar surface area (TPSA) is 93.0 Å². The molecule has 2 amide bonds. The van der Waals surface area contributed by atoms with Crippen molar-refractivity contribution in [2.24, 2.45) is 0 Å². The van der Waals surface area contributed by atoms with Crippen LogP contribution in [0.5, 0.6) is 0 Å². The van der Waals surface area contributed by atoms with Crippen molar-refractivity contribution in [3.63, 3.8) is 0 Å². The van der Waals surface area contributed by atoms with Crippen molar-refractivity contribution in [3.05, 3.63) is 52.8 Å². The van der Waals surface area contributed by atoms with E-state index in [2.05, 4.69) is 32.7 Å². The molecule has 3 aromatic rings. The van der Waals surface area contributed by atoms with Gasteiger partial charge in [0.25, 0.3) is 0 Å². The molecular formula is C23H28N6O2S2. The van der Waals surface area contributed by atoms with Gasteiger partial charge in [-0.3, -0.25) is 19.2 Å². The number of benzene rings is 1. The first-order valence-electron chi connectivity index (χ1n) is 11.1. The zero-order valence-corrected chi connectivity index (χ0v) is 20.7. The van der Waals surface area contributed by atoms with Crippen molar-refractivity contribution in [1.29, 1.82) is 0 Å². The third-order valence-electron chi connectivity index (χ3n) is 5.58. The number of rotatable bonds is 10. The zero-order chi connectivity index (χ0) is 23.4. The number of thioether (sulfide) groups is 1. The Balaban J connectivity index is 1.30. The van der Waals surface area contributed by atoms with Crippen LogP contribution < -0.4 is 10.2 Å². The molecule has 2 aromatic heterocycles. The van der Waals surface area contributed by atoms with Crippen LogP contribution in [0.4, 0.5) is 5.13 Å². The smallest absolute Gasteiger partial charge is 0.230 e. The van der Waals surface area contributed by atoms with Crippen molar-refractivity contribution >= 4 is 40.0 Å². The van der Waals surface area contributed by atoms with E-state index in [0.717, 1.165) is 29.8 Å². The highest BCUT2D eigenvalue weighted by Gasteiger charge is 2.35. The molecule has 1 fully saturated rings. The molecular weight excluding hydrogens is 456 g/mol. The van der Waals surface area contributed by atoms with Crippen LogP contribution in [0, 0.1) is 13.8 Å². The van der Waals surface area contributed by atoms with Crippen molar-refractivity contribution < 1.29 is 9.59 Å². The lowest BCUT2D eigenvalue weighted by Crippen LogP contribution is -2.32. The van der Waals surface area contributed by atoms with Crippen molar-refractivity contribution in [2.45, 2.75) is 63.5 Å². The van der Waals surface area contributed by atoms with Gasteiger partial charge in [-0.2, -0.15) is 5.10 Å². The van der Waals surface area contributed by atoms with Crippen LogP contribution >= 0.6 is 23.1 Å². The third kappa shape index (κ3) is 5.80. The van der Waals surface area contributed by atoms with Crippen LogP contribution in [0.2, 0.25) is 0 Å². The van der Waals surface area contributed by atoms with Crippen LogP contribution in [0.3, 0.4) is 0 Å². The molecule has 0 spiro atoms. The first-order chi connectivity index (χ1) is 16.0. The lowest BCUT2D eigenvalue weighted by atomic mass is 10.2. The molecule has 33 heavy (non-hydrogen) atoms. The van der Waals surface area contributed by atoms with Gasteiger partial charge in [-0.05, 0) is 32.3 Å². The fourth-order valence-electron chi connectivity index (χ4n) is 3.59. The van der Waals surface area contributed by atoms with Gasteiger partial charge in [0.05, 0.1) is 18.0 Å². The second-order valence-corrected chi connectivity index (χ2v) is 10.2. The number of anilines is 1. The van der Waals surface area contributed by atoms with Crippen LogP contribution in [-0.4, -0.2) is 43.6 Å². The van der Waals surface area contributed by atoms with E-state index in [1.807, 2.05) is 43.7 Å². The normalized spacial score (nSPS) is 13.2. The predicted octanol–water partition coefficient (Wildman–Crippen LogP) is 3.71. The second-order valence-electron chi connectivity index (χ2n) is 8.06. The Kier molecular flexibility index (Phi) is 7.44. The third-order valence-corrected chi connectivity index (χ3v) is 7.64. The Labute approximate surface area is 201 Å². The summed E-state index contributed by atoms with van der Waals surface area (Å²) in [6.45, 7) is 7.00. The molecule has 1 aromatic carbocycles. The number of aromatic nitrogens is 4. The van der Waals surface area contributed by atoms with Gasteiger partial charge in [0.15, 0.2) is 4.34 Å². The summed E-state index contributed by atoms with van der Waals surface area (Å²) < 4.78 is 2.67. The Hall–Kier alpha value is -2.72. The average Bonchev–Trinajstić information content (AvgIpc) is 3.47. The summed E-state index contributed by atoms with van der Waals surface area (Å²) in [5, 5.41) is 16.6. The number of carbonyl (C=O) groups excluding carboxylic acids is 2. The zero-order valence-electron chi connectivity index (χ0n) is 19.1. The SMILES string of the molecule is CCC(=O)N(c1nnc(SCC(=O)NCc2c(C)nn(Cc3ccccc3)c2C)s1)C1CC1. The molecule has 4 rings (SSSR count). The highest BCUT2D eigenvalue weighted by molar-refractivity contribution is 8.01. The monoisotopic (exact) mass is 484 g/mol. The maximum atomic E-state index is 12.5. The Morgan fingerprint density at radius 1 is 1.21 bits per heavy atom. The summed E-state index contributed by atoms with van der Waals surface area (Å²) in [6, 6.07) is 10.4. The predicted molar refractivity (Wildman–Crippen MR) is 131 cm³/mol. The van der Waals surface area contributed by atoms with E-state index in [1.54, 1.807) is 4.90 Å². The lowest BCUT2D eigenvalue weighted by Gasteiger charge is -2.17. The number of amides is 2. The van der Waals surface area contributed by atoms with Crippen molar-refractivity contribution in [2.75, 3.05) is 10.7 Å². The van der Waals surface area contributed by atoms with Gasteiger partial charge in [0.1, 0.15) is 0 Å². The van der Waals surface area contributed by atoms with E-state index in [1.165, 1.54) is 28.7 Å². The minimum atomic E-state index is -0.0740. The number of nitrogens with one attached hydrogen (secondary N) is 1. The Bertz CT molecular complexity index is 1120. The van der Waals surface area contributed by atoms with Gasteiger partial charge in [0.2, 0.25) is 16.9 Å². The summed E-state index contributed by atoms with van der Waals surface area (Å²) in [5.41, 5.74) is 4.21. The molecule has 174 valence electrons. The molecule has 2 heterocycles. The molecule has 10 heteroatoms. The maximum Gasteiger partial charge on any atom is 0.230 e. The molecule has 1 saturated carbocycles. The van der Waals surface area contributed by atoms with E-state index in [-0.39, 0.29) is 23.6 Å². The van der Waals surface area contributed by atoms with E-state index in [9.17, 15) is 9.59 Å². The highest BCUT2D eigenvalue weighted by atomic mass is 32.2. The number of aryl methyl sites for hydroxylation is 1. The van der Waals surface area contributed by atoms with E-state index in [0.29, 0.717) is 29.0 Å². The van der Waals surface area contributed by atoms with Gasteiger partial charge in [-0.15, -0.1) is 10.2 Å². The Morgan fingerprint density at radius 3 is 2.67 bits per heavy atom. The number of hydrogen-bond donors (Lipinski definition) is 1. The summed E-state index contributed by atoms with van der Waals surface area (Å²) in [4.78, 5) is 26.5. The largest absolute Gasteiger partial charge is 0.351 e. The molecule has 1 N–H and O–H groups in total. The van der Waals surface area contributed by atoms with Crippen molar-refractivity contribution in [3.8, 4) is 0 Å². The van der Waals surface area contributed by atoms with Crippen molar-refractivity contribution in [1.82, 2.24) is 25.3 Å². The minimum Gasteiger partial charge on any atom is -0.351 e. The number of hydrogen-bond acceptors (Lipinski definition) is 7. The molecule has 1 aliphatic rings. The second kappa shape index (κ2) is 10.5. The minimum absolute atomic E-state index is 0.0708. The molecule has 0 radical (unpaired) electrons. The van der Waals surface area contributed by atoms with Crippen LogP contribution in [-0.2, 0) is 22.7 Å². The average molecular weight is 485 g/mol. The summed E-state index contributed by atoms with van der Waals surface area (Å²) in [7, 11) is 0. The summed E-state index contributed by atoms with van der Waals surface area (Å²) >= 11 is 2.71. The standard InChI is InChI=1S/C23H28N6O2S2/c1-4-21(31)29(18-10-11-18)22-25-26-23(33-22)32-14-20(30)24-12-19-15(2)27-28(16(19)3)13-17-8-6-5-7-9-17/h5-9,18H,4,10-14H2,1-3H3,(H,24,30). The van der Waals surface area contributed by atoms with Crippen LogP contribution in [0.15, 0.2) is 34.7 Å². The van der Waals surface area contributed by atoms with Gasteiger partial charge in [0, 0.05) is 30.3 Å². The van der Waals surface area contributed by atoms with Gasteiger partial charge < -0.3 is 5.32 Å². The van der Waals surface area contributed by atoms with Gasteiger partial charge >= 0.3 is 0 Å². The molecule has 0 atom stereocenters. The summed E-state index contributed by atoms with van der Waals surface area (Å²) in [5.74, 6) is 0.243. The van der Waals surface area contributed by atoms with Crippen LogP contribution in [0.1, 0.15) is 48.7 Å². The highest BCUT2D eigenvalue weighted by Crippen LogP contribution is 2.36. The van der Waals surface area contributed by atoms with Crippen LogP contribution in [0.25, 0.3) is 0 Å². The first-order valence-corrected chi connectivity index (χ1v) is 12.9. The number of nitrogens with zero attached hydrogens (tertiary/aromatic N) is 5. The molecule has 0 unspecified atom stereocenters. The fourth-order valence-corrected chi connectivity index (χ4v) is 5.35. The van der Waals surface area contributed by atoms with E-state index < -0.39 is 0 Å². The molecule has 0 saturated heterocycles.